The van der Waals surface area contributed by atoms with Gasteiger partial charge < -0.3 is 5.11 Å². The Hall–Kier alpha value is -0.550. The minimum absolute atomic E-state index is 0.0344. The van der Waals surface area contributed by atoms with Gasteiger partial charge >= 0.3 is 0 Å². The Bertz CT molecular complexity index is 536. The normalized spacial score (nSPS) is 10.5. The maximum absolute atomic E-state index is 9.29. The summed E-state index contributed by atoms with van der Waals surface area (Å²) < 4.78 is 0.934. The van der Waals surface area contributed by atoms with E-state index in [1.807, 2.05) is 18.2 Å². The van der Waals surface area contributed by atoms with Gasteiger partial charge in [-0.15, -0.1) is 0 Å². The van der Waals surface area contributed by atoms with Gasteiger partial charge in [0.1, 0.15) is 5.03 Å². The van der Waals surface area contributed by atoms with E-state index < -0.39 is 0 Å². The van der Waals surface area contributed by atoms with Gasteiger partial charge in [0.25, 0.3) is 0 Å². The number of aromatic nitrogens is 1. The Morgan fingerprint density at radius 2 is 2.18 bits per heavy atom. The first-order valence-corrected chi connectivity index (χ1v) is 6.87. The average Bonchev–Trinajstić information content (AvgIpc) is 2.34. The van der Waals surface area contributed by atoms with E-state index in [1.165, 1.54) is 11.8 Å². The van der Waals surface area contributed by atoms with Gasteiger partial charge in [-0.1, -0.05) is 23.4 Å². The van der Waals surface area contributed by atoms with Crippen LogP contribution in [0.3, 0.4) is 0 Å². The first-order valence-electron chi connectivity index (χ1n) is 4.88. The van der Waals surface area contributed by atoms with Gasteiger partial charge in [-0.05, 0) is 51.8 Å². The molecule has 0 fully saturated rings. The second-order valence-corrected chi connectivity index (χ2v) is 5.62. The van der Waals surface area contributed by atoms with Crippen molar-refractivity contribution in [1.82, 2.24) is 4.98 Å². The lowest BCUT2D eigenvalue weighted by atomic mass is 10.2. The highest BCUT2D eigenvalue weighted by Gasteiger charge is 2.07. The zero-order valence-corrected chi connectivity index (χ0v) is 11.9. The number of hydrogen-bond acceptors (Lipinski definition) is 3. The summed E-state index contributed by atoms with van der Waals surface area (Å²) in [5.74, 6) is 0. The van der Waals surface area contributed by atoms with Crippen molar-refractivity contribution in [2.24, 2.45) is 0 Å². The second-order valence-electron chi connectivity index (χ2n) is 3.30. The Morgan fingerprint density at radius 1 is 1.35 bits per heavy atom. The highest BCUT2D eigenvalue weighted by molar-refractivity contribution is 9.10. The molecule has 0 radical (unpaired) electrons. The van der Waals surface area contributed by atoms with Crippen LogP contribution in [0, 0.1) is 0 Å². The number of benzene rings is 1. The molecule has 0 aliphatic heterocycles. The predicted octanol–water partition coefficient (Wildman–Crippen LogP) is 4.14. The molecule has 0 bridgehead atoms. The number of nitrogens with zero attached hydrogens (tertiary/aromatic N) is 1. The van der Waals surface area contributed by atoms with E-state index in [0.717, 1.165) is 20.0 Å². The SMILES string of the molecule is OCc1cc(Cl)ccc1Sc1ncccc1Br. The Morgan fingerprint density at radius 3 is 2.88 bits per heavy atom. The molecule has 2 rings (SSSR count). The summed E-state index contributed by atoms with van der Waals surface area (Å²) in [5.41, 5.74) is 0.806. The molecular formula is C12H9BrClNOS. The second kappa shape index (κ2) is 5.87. The summed E-state index contributed by atoms with van der Waals surface area (Å²) >= 11 is 10.8. The van der Waals surface area contributed by atoms with E-state index in [4.69, 9.17) is 11.6 Å². The fraction of sp³-hybridized carbons (Fsp3) is 0.0833. The zero-order valence-electron chi connectivity index (χ0n) is 8.73. The van der Waals surface area contributed by atoms with Crippen LogP contribution in [-0.4, -0.2) is 10.1 Å². The number of hydrogen-bond donors (Lipinski definition) is 1. The third kappa shape index (κ3) is 3.22. The van der Waals surface area contributed by atoms with Gasteiger partial charge in [-0.25, -0.2) is 4.98 Å². The fourth-order valence-electron chi connectivity index (χ4n) is 1.32. The van der Waals surface area contributed by atoms with Crippen LogP contribution in [0.4, 0.5) is 0 Å². The van der Waals surface area contributed by atoms with Crippen LogP contribution in [0.5, 0.6) is 0 Å². The number of aliphatic hydroxyl groups is 1. The molecule has 2 aromatic rings. The fourth-order valence-corrected chi connectivity index (χ4v) is 2.89. The molecule has 1 aromatic carbocycles. The summed E-state index contributed by atoms with van der Waals surface area (Å²) in [6.45, 7) is -0.0344. The summed E-state index contributed by atoms with van der Waals surface area (Å²) in [5, 5.41) is 10.8. The van der Waals surface area contributed by atoms with Gasteiger partial charge in [-0.3, -0.25) is 0 Å². The summed E-state index contributed by atoms with van der Waals surface area (Å²) in [6, 6.07) is 9.26. The molecule has 1 heterocycles. The van der Waals surface area contributed by atoms with Crippen molar-refractivity contribution in [2.45, 2.75) is 16.5 Å². The van der Waals surface area contributed by atoms with E-state index >= 15 is 0 Å². The standard InChI is InChI=1S/C12H9BrClNOS/c13-10-2-1-5-15-12(10)17-11-4-3-9(14)6-8(11)7-16/h1-6,16H,7H2. The lowest BCUT2D eigenvalue weighted by Gasteiger charge is -2.07. The molecule has 0 aliphatic carbocycles. The number of rotatable bonds is 3. The molecule has 2 nitrogen and oxygen atoms in total. The average molecular weight is 331 g/mol. The van der Waals surface area contributed by atoms with E-state index in [-0.39, 0.29) is 6.61 Å². The van der Waals surface area contributed by atoms with Crippen molar-refractivity contribution in [3.63, 3.8) is 0 Å². The minimum atomic E-state index is -0.0344. The molecule has 0 spiro atoms. The molecule has 5 heteroatoms. The number of aliphatic hydroxyl groups excluding tert-OH is 1. The maximum Gasteiger partial charge on any atom is 0.115 e. The van der Waals surface area contributed by atoms with Crippen molar-refractivity contribution >= 4 is 39.3 Å². The quantitative estimate of drug-likeness (QED) is 0.918. The molecule has 1 N–H and O–H groups in total. The number of pyridine rings is 1. The van der Waals surface area contributed by atoms with Gasteiger partial charge in [0.2, 0.25) is 0 Å². The minimum Gasteiger partial charge on any atom is -0.392 e. The van der Waals surface area contributed by atoms with E-state index in [9.17, 15) is 5.11 Å². The van der Waals surface area contributed by atoms with Crippen LogP contribution in [0.1, 0.15) is 5.56 Å². The predicted molar refractivity (Wildman–Crippen MR) is 73.4 cm³/mol. The molecule has 0 atom stereocenters. The molecule has 17 heavy (non-hydrogen) atoms. The van der Waals surface area contributed by atoms with E-state index in [2.05, 4.69) is 20.9 Å². The molecule has 0 aliphatic rings. The Labute approximate surface area is 117 Å². The third-order valence-electron chi connectivity index (χ3n) is 2.12. The highest BCUT2D eigenvalue weighted by Crippen LogP contribution is 2.34. The van der Waals surface area contributed by atoms with Crippen LogP contribution in [-0.2, 0) is 6.61 Å². The van der Waals surface area contributed by atoms with Crippen molar-refractivity contribution in [1.29, 1.82) is 0 Å². The molecular weight excluding hydrogens is 322 g/mol. The first kappa shape index (κ1) is 12.9. The zero-order chi connectivity index (χ0) is 12.3. The molecule has 0 amide bonds. The van der Waals surface area contributed by atoms with Gasteiger partial charge in [-0.2, -0.15) is 0 Å². The van der Waals surface area contributed by atoms with E-state index in [0.29, 0.717) is 5.02 Å². The van der Waals surface area contributed by atoms with Gasteiger partial charge in [0, 0.05) is 16.1 Å². The van der Waals surface area contributed by atoms with Crippen LogP contribution >= 0.6 is 39.3 Å². The van der Waals surface area contributed by atoms with Gasteiger partial charge in [0.15, 0.2) is 0 Å². The third-order valence-corrected chi connectivity index (χ3v) is 4.40. The topological polar surface area (TPSA) is 33.1 Å². The lowest BCUT2D eigenvalue weighted by molar-refractivity contribution is 0.279. The van der Waals surface area contributed by atoms with Crippen LogP contribution < -0.4 is 0 Å². The summed E-state index contributed by atoms with van der Waals surface area (Å²) in [4.78, 5) is 5.23. The first-order chi connectivity index (χ1) is 8.20. The van der Waals surface area contributed by atoms with Gasteiger partial charge in [0.05, 0.1) is 11.1 Å². The summed E-state index contributed by atoms with van der Waals surface area (Å²) in [6.07, 6.45) is 1.74. The van der Waals surface area contributed by atoms with Crippen LogP contribution in [0.15, 0.2) is 50.9 Å². The molecule has 1 aromatic heterocycles. The maximum atomic E-state index is 9.29. The molecule has 0 unspecified atom stereocenters. The Kier molecular flexibility index (Phi) is 4.45. The summed E-state index contributed by atoms with van der Waals surface area (Å²) in [7, 11) is 0. The smallest absolute Gasteiger partial charge is 0.115 e. The van der Waals surface area contributed by atoms with Crippen LogP contribution in [0.2, 0.25) is 5.02 Å². The largest absolute Gasteiger partial charge is 0.392 e. The lowest BCUT2D eigenvalue weighted by Crippen LogP contribution is -1.89. The van der Waals surface area contributed by atoms with Crippen molar-refractivity contribution in [3.8, 4) is 0 Å². The van der Waals surface area contributed by atoms with E-state index in [1.54, 1.807) is 18.3 Å². The van der Waals surface area contributed by atoms with Crippen molar-refractivity contribution < 1.29 is 5.11 Å². The number of halogens is 2. The van der Waals surface area contributed by atoms with Crippen LogP contribution in [0.25, 0.3) is 0 Å². The molecule has 88 valence electrons. The highest BCUT2D eigenvalue weighted by atomic mass is 79.9. The molecule has 0 saturated heterocycles. The van der Waals surface area contributed by atoms with Crippen molar-refractivity contribution in [2.75, 3.05) is 0 Å². The molecule has 0 saturated carbocycles. The van der Waals surface area contributed by atoms with Crippen molar-refractivity contribution in [3.05, 3.63) is 51.6 Å². The monoisotopic (exact) mass is 329 g/mol. The Balaban J connectivity index is 2.33.